The number of aryl methyl sites for hydroxylation is 2. The number of aliphatic hydroxyl groups excluding tert-OH is 1. The molecule has 9 heteroatoms. The van der Waals surface area contributed by atoms with Gasteiger partial charge in [-0.3, -0.25) is 19.8 Å². The zero-order valence-electron chi connectivity index (χ0n) is 18.3. The smallest absolute Gasteiger partial charge is 0.243 e. The molecule has 4 rings (SSSR count). The Morgan fingerprint density at radius 2 is 2.03 bits per heavy atom. The summed E-state index contributed by atoms with van der Waals surface area (Å²) >= 11 is 1.64. The first-order valence-electron chi connectivity index (χ1n) is 11.2. The molecule has 2 aliphatic rings. The molecular weight excluding hydrogens is 426 g/mol. The van der Waals surface area contributed by atoms with Crippen LogP contribution in [0.15, 0.2) is 29.8 Å². The van der Waals surface area contributed by atoms with E-state index in [0.717, 1.165) is 49.4 Å². The second kappa shape index (κ2) is 10.6. The number of imide groups is 1. The van der Waals surface area contributed by atoms with Gasteiger partial charge in [0.1, 0.15) is 0 Å². The number of carbonyl (C=O) groups is 2. The highest BCUT2D eigenvalue weighted by molar-refractivity contribution is 7.13. The molecular formula is C23H31N5O3S. The van der Waals surface area contributed by atoms with Crippen LogP contribution in [0.2, 0.25) is 0 Å². The quantitative estimate of drug-likeness (QED) is 0.485. The monoisotopic (exact) mass is 457 g/mol. The fourth-order valence-electron chi connectivity index (χ4n) is 4.39. The van der Waals surface area contributed by atoms with Crippen molar-refractivity contribution in [1.29, 1.82) is 0 Å². The average Bonchev–Trinajstić information content (AvgIpc) is 3.43. The lowest BCUT2D eigenvalue weighted by Crippen LogP contribution is -2.56. The maximum absolute atomic E-state index is 13.1. The fraction of sp³-hybridized carbons (Fsp3) is 0.522. The summed E-state index contributed by atoms with van der Waals surface area (Å²) in [5, 5.41) is 18.5. The second-order valence-corrected chi connectivity index (χ2v) is 9.36. The minimum atomic E-state index is -0.540. The normalized spacial score (nSPS) is 22.6. The van der Waals surface area contributed by atoms with E-state index < -0.39 is 12.1 Å². The van der Waals surface area contributed by atoms with Gasteiger partial charge in [-0.2, -0.15) is 0 Å². The fourth-order valence-corrected chi connectivity index (χ4v) is 5.20. The number of thiazole rings is 1. The molecule has 2 saturated heterocycles. The number of nitrogens with zero attached hydrogens (tertiary/aromatic N) is 2. The maximum Gasteiger partial charge on any atom is 0.243 e. The molecule has 0 unspecified atom stereocenters. The number of hydrogen-bond acceptors (Lipinski definition) is 8. The Hall–Kier alpha value is -2.17. The lowest BCUT2D eigenvalue weighted by molar-refractivity contribution is -0.135. The van der Waals surface area contributed by atoms with Gasteiger partial charge < -0.3 is 15.7 Å². The van der Waals surface area contributed by atoms with E-state index in [4.69, 9.17) is 0 Å². The molecule has 1 aromatic heterocycles. The van der Waals surface area contributed by atoms with Crippen LogP contribution in [0.1, 0.15) is 24.1 Å². The van der Waals surface area contributed by atoms with E-state index in [1.807, 2.05) is 12.4 Å². The molecule has 2 amide bonds. The Labute approximate surface area is 192 Å². The Kier molecular flexibility index (Phi) is 7.64. The zero-order valence-corrected chi connectivity index (χ0v) is 19.2. The number of piperazine rings is 1. The predicted octanol–water partition coefficient (Wildman–Crippen LogP) is 0.691. The molecule has 2 aromatic rings. The molecule has 3 heterocycles. The predicted molar refractivity (Wildman–Crippen MR) is 124 cm³/mol. The van der Waals surface area contributed by atoms with Crippen LogP contribution < -0.4 is 16.0 Å². The third-order valence-corrected chi connectivity index (χ3v) is 7.21. The molecule has 3 atom stereocenters. The van der Waals surface area contributed by atoms with E-state index in [1.54, 1.807) is 11.3 Å². The average molecular weight is 458 g/mol. The molecule has 4 N–H and O–H groups in total. The highest BCUT2D eigenvalue weighted by Gasteiger charge is 2.32. The first kappa shape index (κ1) is 23.0. The van der Waals surface area contributed by atoms with Gasteiger partial charge in [-0.15, -0.1) is 11.3 Å². The van der Waals surface area contributed by atoms with Gasteiger partial charge >= 0.3 is 0 Å². The molecule has 2 aliphatic heterocycles. The van der Waals surface area contributed by atoms with Crippen molar-refractivity contribution in [2.24, 2.45) is 0 Å². The highest BCUT2D eigenvalue weighted by Crippen LogP contribution is 2.27. The van der Waals surface area contributed by atoms with Gasteiger partial charge in [0, 0.05) is 32.7 Å². The van der Waals surface area contributed by atoms with E-state index >= 15 is 0 Å². The molecule has 8 nitrogen and oxygen atoms in total. The first-order valence-corrected chi connectivity index (χ1v) is 12.1. The SMILES string of the molecule is Cc1ncsc1-c1ccc(CC[C@@H](C(=O)NC(=O)[C@@H]2C[C@@H](O)CN2)N2CCNCC2)cc1. The summed E-state index contributed by atoms with van der Waals surface area (Å²) in [6, 6.07) is 7.55. The number of hydrogen-bond donors (Lipinski definition) is 4. The molecule has 0 bridgehead atoms. The maximum atomic E-state index is 13.1. The molecule has 172 valence electrons. The van der Waals surface area contributed by atoms with Crippen LogP contribution in [0, 0.1) is 6.92 Å². The molecule has 1 aromatic carbocycles. The Bertz CT molecular complexity index is 926. The van der Waals surface area contributed by atoms with E-state index in [0.29, 0.717) is 19.4 Å². The van der Waals surface area contributed by atoms with Gasteiger partial charge in [0.05, 0.1) is 34.3 Å². The van der Waals surface area contributed by atoms with Crippen LogP contribution in [0.25, 0.3) is 10.4 Å². The Balaban J connectivity index is 1.39. The van der Waals surface area contributed by atoms with E-state index in [-0.39, 0.29) is 17.9 Å². The standard InChI is InChI=1S/C23H31N5O3S/c1-15-21(32-14-26-15)17-5-2-16(3-6-17)4-7-20(28-10-8-24-9-11-28)23(31)27-22(30)19-12-18(29)13-25-19/h2-3,5-6,14,18-20,24-25,29H,4,7-13H2,1H3,(H,27,30,31)/t18-,19+,20+/m1/s1. The number of rotatable bonds is 7. The van der Waals surface area contributed by atoms with Gasteiger partial charge in [-0.05, 0) is 37.3 Å². The highest BCUT2D eigenvalue weighted by atomic mass is 32.1. The molecule has 2 fully saturated rings. The molecule has 0 aliphatic carbocycles. The summed E-state index contributed by atoms with van der Waals surface area (Å²) in [6.07, 6.45) is 1.18. The van der Waals surface area contributed by atoms with Crippen molar-refractivity contribution < 1.29 is 14.7 Å². The number of nitrogens with one attached hydrogen (secondary N) is 3. The number of amides is 2. The van der Waals surface area contributed by atoms with Crippen molar-refractivity contribution in [3.8, 4) is 10.4 Å². The first-order chi connectivity index (χ1) is 15.5. The molecule has 0 radical (unpaired) electrons. The van der Waals surface area contributed by atoms with E-state index in [2.05, 4.69) is 50.1 Å². The van der Waals surface area contributed by atoms with Gasteiger partial charge in [0.2, 0.25) is 11.8 Å². The van der Waals surface area contributed by atoms with E-state index in [9.17, 15) is 14.7 Å². The van der Waals surface area contributed by atoms with Crippen molar-refractivity contribution in [3.63, 3.8) is 0 Å². The van der Waals surface area contributed by atoms with Crippen LogP contribution in [0.3, 0.4) is 0 Å². The van der Waals surface area contributed by atoms with Crippen molar-refractivity contribution >= 4 is 23.2 Å². The Morgan fingerprint density at radius 1 is 1.28 bits per heavy atom. The number of carbonyl (C=O) groups excluding carboxylic acids is 2. The zero-order chi connectivity index (χ0) is 22.5. The molecule has 0 saturated carbocycles. The summed E-state index contributed by atoms with van der Waals surface area (Å²) in [7, 11) is 0. The summed E-state index contributed by atoms with van der Waals surface area (Å²) in [4.78, 5) is 33.2. The largest absolute Gasteiger partial charge is 0.392 e. The number of aliphatic hydroxyl groups is 1. The summed E-state index contributed by atoms with van der Waals surface area (Å²) in [5.74, 6) is -0.604. The van der Waals surface area contributed by atoms with Gasteiger partial charge in [-0.1, -0.05) is 24.3 Å². The van der Waals surface area contributed by atoms with Crippen LogP contribution >= 0.6 is 11.3 Å². The molecule has 32 heavy (non-hydrogen) atoms. The third kappa shape index (κ3) is 5.60. The second-order valence-electron chi connectivity index (χ2n) is 8.51. The van der Waals surface area contributed by atoms with Crippen molar-refractivity contribution in [1.82, 2.24) is 25.8 Å². The Morgan fingerprint density at radius 3 is 2.66 bits per heavy atom. The van der Waals surface area contributed by atoms with Crippen LogP contribution in [0.4, 0.5) is 0 Å². The number of β-amino-alcohol motifs (C(OH)–C–C–N with tert-alkyl or cyclic N) is 1. The van der Waals surface area contributed by atoms with Crippen LogP contribution in [0.5, 0.6) is 0 Å². The van der Waals surface area contributed by atoms with Crippen LogP contribution in [-0.2, 0) is 16.0 Å². The number of aromatic nitrogens is 1. The van der Waals surface area contributed by atoms with Gasteiger partial charge in [-0.25, -0.2) is 4.98 Å². The van der Waals surface area contributed by atoms with Crippen molar-refractivity contribution in [3.05, 3.63) is 41.0 Å². The third-order valence-electron chi connectivity index (χ3n) is 6.23. The van der Waals surface area contributed by atoms with E-state index in [1.165, 1.54) is 4.88 Å². The van der Waals surface area contributed by atoms with Crippen molar-refractivity contribution in [2.45, 2.75) is 44.4 Å². The summed E-state index contributed by atoms with van der Waals surface area (Å²) < 4.78 is 0. The minimum absolute atomic E-state index is 0.253. The number of benzene rings is 1. The molecule has 0 spiro atoms. The summed E-state index contributed by atoms with van der Waals surface area (Å²) in [6.45, 7) is 5.60. The van der Waals surface area contributed by atoms with Crippen molar-refractivity contribution in [2.75, 3.05) is 32.7 Å². The topological polar surface area (TPSA) is 107 Å². The van der Waals surface area contributed by atoms with Gasteiger partial charge in [0.25, 0.3) is 0 Å². The lowest BCUT2D eigenvalue weighted by Gasteiger charge is -2.34. The lowest BCUT2D eigenvalue weighted by atomic mass is 10.0. The van der Waals surface area contributed by atoms with Gasteiger partial charge in [0.15, 0.2) is 0 Å². The minimum Gasteiger partial charge on any atom is -0.392 e. The summed E-state index contributed by atoms with van der Waals surface area (Å²) in [5.41, 5.74) is 5.21. The van der Waals surface area contributed by atoms with Crippen LogP contribution in [-0.4, -0.2) is 77.7 Å².